The molecule has 3 heterocycles. The first-order valence-electron chi connectivity index (χ1n) is 13.0. The van der Waals surface area contributed by atoms with Crippen LogP contribution in [0.5, 0.6) is 0 Å². The molecule has 3 saturated heterocycles. The number of fused-ring (bicyclic) bond motifs is 1. The Morgan fingerprint density at radius 3 is 2.43 bits per heavy atom. The number of β-amino-alcohol motifs (C(OH)–C–C–N with tert-alkyl or cyclic N) is 1. The zero-order chi connectivity index (χ0) is 25.8. The summed E-state index contributed by atoms with van der Waals surface area (Å²) < 4.78 is 26.3. The van der Waals surface area contributed by atoms with Crippen LogP contribution in [-0.4, -0.2) is 97.0 Å². The molecule has 3 aliphatic heterocycles. The molecule has 5 rings (SSSR count). The van der Waals surface area contributed by atoms with Gasteiger partial charge in [-0.2, -0.15) is 0 Å². The highest BCUT2D eigenvalue weighted by Gasteiger charge is 2.41. The first-order valence-corrected chi connectivity index (χ1v) is 13.0. The molecule has 198 valence electrons. The first kappa shape index (κ1) is 25.6. The van der Waals surface area contributed by atoms with Crippen LogP contribution in [0.25, 0.3) is 0 Å². The van der Waals surface area contributed by atoms with Crippen molar-refractivity contribution in [2.24, 2.45) is 0 Å². The molecule has 0 spiro atoms. The van der Waals surface area contributed by atoms with Gasteiger partial charge in [-0.25, -0.2) is 4.39 Å². The van der Waals surface area contributed by atoms with E-state index in [-0.39, 0.29) is 49.8 Å². The van der Waals surface area contributed by atoms with Crippen molar-refractivity contribution in [3.63, 3.8) is 0 Å². The average molecular weight is 512 g/mol. The Morgan fingerprint density at radius 2 is 1.68 bits per heavy atom. The lowest BCUT2D eigenvalue weighted by molar-refractivity contribution is -0.155. The zero-order valence-electron chi connectivity index (χ0n) is 20.9. The minimum atomic E-state index is -0.870. The van der Waals surface area contributed by atoms with E-state index in [1.165, 1.54) is 28.8 Å². The number of carbonyl (C=O) groups is 2. The number of aliphatic hydroxyl groups excluding tert-OH is 1. The zero-order valence-corrected chi connectivity index (χ0v) is 20.9. The Labute approximate surface area is 216 Å². The van der Waals surface area contributed by atoms with Crippen molar-refractivity contribution in [3.8, 4) is 0 Å². The van der Waals surface area contributed by atoms with E-state index in [1.807, 2.05) is 23.1 Å². The third kappa shape index (κ3) is 5.95. The summed E-state index contributed by atoms with van der Waals surface area (Å²) in [7, 11) is 0. The van der Waals surface area contributed by atoms with Crippen molar-refractivity contribution in [1.82, 2.24) is 9.80 Å². The molecule has 0 radical (unpaired) electrons. The fourth-order valence-electron chi connectivity index (χ4n) is 5.54. The van der Waals surface area contributed by atoms with Gasteiger partial charge in [0.05, 0.1) is 43.4 Å². The predicted molar refractivity (Wildman–Crippen MR) is 136 cm³/mol. The molecule has 0 aromatic heterocycles. The molecule has 2 amide bonds. The van der Waals surface area contributed by atoms with Crippen LogP contribution in [0.1, 0.15) is 29.6 Å². The van der Waals surface area contributed by atoms with Crippen LogP contribution in [0.3, 0.4) is 0 Å². The lowest BCUT2D eigenvalue weighted by Crippen LogP contribution is -2.58. The van der Waals surface area contributed by atoms with Gasteiger partial charge < -0.3 is 29.3 Å². The summed E-state index contributed by atoms with van der Waals surface area (Å²) in [6, 6.07) is 15.7. The summed E-state index contributed by atoms with van der Waals surface area (Å²) in [5.41, 5.74) is 1.14. The minimum Gasteiger partial charge on any atom is -0.389 e. The number of para-hydroxylation sites is 1. The number of aliphatic hydroxyl groups is 1. The Hall–Kier alpha value is -3.01. The van der Waals surface area contributed by atoms with Gasteiger partial charge in [0.1, 0.15) is 11.9 Å². The Balaban J connectivity index is 1.20. The van der Waals surface area contributed by atoms with Gasteiger partial charge in [0, 0.05) is 38.4 Å². The van der Waals surface area contributed by atoms with Crippen molar-refractivity contribution in [3.05, 3.63) is 66.0 Å². The summed E-state index contributed by atoms with van der Waals surface area (Å²) >= 11 is 0. The number of hydrogen-bond donors (Lipinski definition) is 1. The van der Waals surface area contributed by atoms with Crippen LogP contribution in [0, 0.1) is 5.82 Å². The van der Waals surface area contributed by atoms with E-state index in [0.717, 1.165) is 13.1 Å². The van der Waals surface area contributed by atoms with E-state index in [0.29, 0.717) is 25.9 Å². The number of nitrogens with zero attached hydrogens (tertiary/aromatic N) is 3. The molecule has 2 aromatic carbocycles. The van der Waals surface area contributed by atoms with E-state index in [4.69, 9.17) is 9.47 Å². The largest absolute Gasteiger partial charge is 0.389 e. The minimum absolute atomic E-state index is 0.0260. The molecular formula is C28H34FN3O5. The van der Waals surface area contributed by atoms with Crippen LogP contribution in [0.15, 0.2) is 54.6 Å². The number of ether oxygens (including phenoxy) is 2. The van der Waals surface area contributed by atoms with Crippen LogP contribution in [0.4, 0.5) is 10.1 Å². The summed E-state index contributed by atoms with van der Waals surface area (Å²) in [5.74, 6) is -0.995. The smallest absolute Gasteiger partial charge is 0.257 e. The number of amides is 2. The number of anilines is 1. The predicted octanol–water partition coefficient (Wildman–Crippen LogP) is 2.31. The van der Waals surface area contributed by atoms with Gasteiger partial charge in [0.25, 0.3) is 5.91 Å². The van der Waals surface area contributed by atoms with Crippen molar-refractivity contribution in [2.45, 2.75) is 43.6 Å². The molecule has 4 atom stereocenters. The molecule has 3 aliphatic rings. The molecule has 9 heteroatoms. The number of benzene rings is 2. The second-order valence-electron chi connectivity index (χ2n) is 9.98. The van der Waals surface area contributed by atoms with Gasteiger partial charge in [-0.15, -0.1) is 0 Å². The van der Waals surface area contributed by atoms with Gasteiger partial charge in [-0.1, -0.05) is 30.3 Å². The van der Waals surface area contributed by atoms with E-state index in [2.05, 4.69) is 17.0 Å². The molecule has 37 heavy (non-hydrogen) atoms. The molecule has 0 bridgehead atoms. The normalized spacial score (nSPS) is 26.7. The molecular weight excluding hydrogens is 477 g/mol. The third-order valence-electron chi connectivity index (χ3n) is 7.50. The molecule has 8 nitrogen and oxygen atoms in total. The quantitative estimate of drug-likeness (QED) is 0.679. The number of rotatable bonds is 4. The van der Waals surface area contributed by atoms with Crippen molar-refractivity contribution >= 4 is 17.5 Å². The molecule has 0 unspecified atom stereocenters. The van der Waals surface area contributed by atoms with Gasteiger partial charge >= 0.3 is 0 Å². The maximum absolute atomic E-state index is 14.4. The second kappa shape index (κ2) is 11.6. The maximum Gasteiger partial charge on any atom is 0.257 e. The van der Waals surface area contributed by atoms with E-state index >= 15 is 0 Å². The number of halogens is 1. The van der Waals surface area contributed by atoms with Crippen LogP contribution < -0.4 is 4.90 Å². The van der Waals surface area contributed by atoms with Crippen LogP contribution >= 0.6 is 0 Å². The molecule has 1 N–H and O–H groups in total. The molecule has 0 saturated carbocycles. The van der Waals surface area contributed by atoms with E-state index in [9.17, 15) is 19.1 Å². The number of carbonyl (C=O) groups excluding carboxylic acids is 2. The maximum atomic E-state index is 14.4. The average Bonchev–Trinajstić information content (AvgIpc) is 2.91. The second-order valence-corrected chi connectivity index (χ2v) is 9.98. The number of hydrogen-bond acceptors (Lipinski definition) is 6. The van der Waals surface area contributed by atoms with Crippen molar-refractivity contribution < 1.29 is 28.6 Å². The Bertz CT molecular complexity index is 1080. The van der Waals surface area contributed by atoms with E-state index in [1.54, 1.807) is 6.07 Å². The summed E-state index contributed by atoms with van der Waals surface area (Å²) in [5, 5.41) is 10.3. The lowest BCUT2D eigenvalue weighted by Gasteiger charge is -2.45. The monoisotopic (exact) mass is 511 g/mol. The highest BCUT2D eigenvalue weighted by Crippen LogP contribution is 2.29. The van der Waals surface area contributed by atoms with Crippen LogP contribution in [-0.2, 0) is 14.3 Å². The fraction of sp³-hybridized carbons (Fsp3) is 0.500. The highest BCUT2D eigenvalue weighted by atomic mass is 19.1. The van der Waals surface area contributed by atoms with Crippen molar-refractivity contribution in [2.75, 3.05) is 50.8 Å². The highest BCUT2D eigenvalue weighted by molar-refractivity contribution is 5.94. The van der Waals surface area contributed by atoms with Crippen LogP contribution in [0.2, 0.25) is 0 Å². The third-order valence-corrected chi connectivity index (χ3v) is 7.50. The topological polar surface area (TPSA) is 82.5 Å². The summed E-state index contributed by atoms with van der Waals surface area (Å²) in [6.45, 7) is 3.19. The lowest BCUT2D eigenvalue weighted by atomic mass is 9.94. The first-order chi connectivity index (χ1) is 18.0. The molecule has 3 fully saturated rings. The van der Waals surface area contributed by atoms with Gasteiger partial charge in [0.15, 0.2) is 0 Å². The Morgan fingerprint density at radius 1 is 0.946 bits per heavy atom. The van der Waals surface area contributed by atoms with E-state index < -0.39 is 23.9 Å². The Kier molecular flexibility index (Phi) is 8.02. The summed E-state index contributed by atoms with van der Waals surface area (Å²) in [6.07, 6.45) is -0.151. The fourth-order valence-corrected chi connectivity index (χ4v) is 5.54. The van der Waals surface area contributed by atoms with Gasteiger partial charge in [0.2, 0.25) is 5.91 Å². The molecule has 2 aromatic rings. The van der Waals surface area contributed by atoms with Gasteiger partial charge in [-0.3, -0.25) is 9.59 Å². The van der Waals surface area contributed by atoms with Gasteiger partial charge in [-0.05, 0) is 37.1 Å². The summed E-state index contributed by atoms with van der Waals surface area (Å²) in [4.78, 5) is 32.1. The SMILES string of the molecule is O=C(C[C@@H]1CC[C@H]2[C@@H](COC[C@H](O)CN2C(=O)c2ccccc2F)O1)N1CCN(c2ccccc2)CC1. The number of piperazine rings is 1. The van der Waals surface area contributed by atoms with Crippen molar-refractivity contribution in [1.29, 1.82) is 0 Å². The standard InChI is InChI=1S/C28H34FN3O5/c29-24-9-5-4-8-23(24)28(35)32-17-21(33)18-36-19-26-25(32)11-10-22(37-26)16-27(34)31-14-12-30(13-15-31)20-6-2-1-3-7-20/h1-9,21-22,25-26,33H,10-19H2/t21-,22+,25+,26-/m1/s1. The molecule has 0 aliphatic carbocycles.